The second-order valence-electron chi connectivity index (χ2n) is 7.07. The van der Waals surface area contributed by atoms with Crippen molar-refractivity contribution in [2.45, 2.75) is 77.2 Å². The van der Waals surface area contributed by atoms with Crippen molar-refractivity contribution < 1.29 is 0 Å². The van der Waals surface area contributed by atoms with Crippen LogP contribution in [0.5, 0.6) is 0 Å². The molecule has 0 nitrogen and oxygen atoms in total. The molecule has 0 saturated heterocycles. The van der Waals surface area contributed by atoms with E-state index < -0.39 is 0 Å². The molecule has 0 N–H and O–H groups in total. The summed E-state index contributed by atoms with van der Waals surface area (Å²) in [4.78, 5) is 0. The van der Waals surface area contributed by atoms with Gasteiger partial charge in [0.05, 0.1) is 0 Å². The summed E-state index contributed by atoms with van der Waals surface area (Å²) in [6.07, 6.45) is 19.6. The minimum atomic E-state index is 0.110. The second kappa shape index (κ2) is 9.77. The Morgan fingerprint density at radius 3 is 1.96 bits per heavy atom. The predicted octanol–water partition coefficient (Wildman–Crippen LogP) is 8.06. The van der Waals surface area contributed by atoms with Crippen LogP contribution in [0.25, 0.3) is 0 Å². The molecule has 2 aliphatic carbocycles. The lowest BCUT2D eigenvalue weighted by Crippen LogP contribution is -2.21. The van der Waals surface area contributed by atoms with Crippen molar-refractivity contribution in [3.05, 3.63) is 59.3 Å². The van der Waals surface area contributed by atoms with Crippen LogP contribution < -0.4 is 0 Å². The Morgan fingerprint density at radius 2 is 1.38 bits per heavy atom. The molecule has 0 radical (unpaired) electrons. The first-order valence-electron chi connectivity index (χ1n) is 9.10. The van der Waals surface area contributed by atoms with Gasteiger partial charge in [-0.25, -0.2) is 0 Å². The maximum atomic E-state index is 2.40. The second-order valence-corrected chi connectivity index (χ2v) is 10.4. The SMILES string of the molecule is CC.CC1=CC=C(C(C)(C)SSC(C)(C)C2=CCCC=C2)C=CC1. The van der Waals surface area contributed by atoms with Crippen molar-refractivity contribution in [1.82, 2.24) is 0 Å². The number of hydrogen-bond donors (Lipinski definition) is 0. The van der Waals surface area contributed by atoms with Gasteiger partial charge in [-0.1, -0.05) is 83.5 Å². The summed E-state index contributed by atoms with van der Waals surface area (Å²) in [6.45, 7) is 15.5. The number of allylic oxidation sites excluding steroid dienone is 8. The standard InChI is InChI=1S/C20H28S2.C2H6/c1-16-10-9-13-18(15-14-16)20(4,5)22-21-19(2,3)17-11-7-6-8-12-17;1-2/h7,9,11-15H,6,8,10H2,1-5H3;1-2H3. The molecule has 2 aliphatic rings. The van der Waals surface area contributed by atoms with Crippen LogP contribution in [0, 0.1) is 0 Å². The zero-order valence-electron chi connectivity index (χ0n) is 16.5. The molecule has 0 unspecified atom stereocenters. The Hall–Kier alpha value is -0.600. The average molecular weight is 363 g/mol. The van der Waals surface area contributed by atoms with Gasteiger partial charge in [0.1, 0.15) is 0 Å². The topological polar surface area (TPSA) is 0 Å². The van der Waals surface area contributed by atoms with Gasteiger partial charge in [-0.3, -0.25) is 0 Å². The van der Waals surface area contributed by atoms with E-state index >= 15 is 0 Å². The Labute approximate surface area is 158 Å². The molecule has 0 saturated carbocycles. The lowest BCUT2D eigenvalue weighted by molar-refractivity contribution is 0.834. The van der Waals surface area contributed by atoms with E-state index in [-0.39, 0.29) is 9.49 Å². The van der Waals surface area contributed by atoms with Crippen molar-refractivity contribution in [3.8, 4) is 0 Å². The fourth-order valence-corrected chi connectivity index (χ4v) is 5.22. The average Bonchev–Trinajstić information content (AvgIpc) is 2.81. The van der Waals surface area contributed by atoms with Crippen LogP contribution in [0.1, 0.15) is 67.7 Å². The van der Waals surface area contributed by atoms with Crippen LogP contribution in [0.4, 0.5) is 0 Å². The Kier molecular flexibility index (Phi) is 8.73. The molecular formula is C22H34S2. The van der Waals surface area contributed by atoms with Crippen LogP contribution >= 0.6 is 21.6 Å². The first-order chi connectivity index (χ1) is 11.3. The summed E-state index contributed by atoms with van der Waals surface area (Å²) in [6, 6.07) is 0. The van der Waals surface area contributed by atoms with Crippen molar-refractivity contribution in [2.24, 2.45) is 0 Å². The normalized spacial score (nSPS) is 18.0. The minimum Gasteiger partial charge on any atom is -0.0839 e. The van der Waals surface area contributed by atoms with E-state index in [9.17, 15) is 0 Å². The van der Waals surface area contributed by atoms with Crippen LogP contribution in [-0.2, 0) is 0 Å². The summed E-state index contributed by atoms with van der Waals surface area (Å²) in [5.41, 5.74) is 4.30. The van der Waals surface area contributed by atoms with Gasteiger partial charge in [-0.15, -0.1) is 0 Å². The van der Waals surface area contributed by atoms with Crippen molar-refractivity contribution >= 4 is 21.6 Å². The highest BCUT2D eigenvalue weighted by molar-refractivity contribution is 8.77. The Bertz CT molecular complexity index is 555. The molecule has 24 heavy (non-hydrogen) atoms. The fourth-order valence-electron chi connectivity index (χ4n) is 2.49. The molecule has 2 heteroatoms. The van der Waals surface area contributed by atoms with Crippen LogP contribution in [-0.4, -0.2) is 9.49 Å². The molecule has 2 rings (SSSR count). The molecular weight excluding hydrogens is 328 g/mol. The molecule has 0 spiro atoms. The van der Waals surface area contributed by atoms with E-state index in [2.05, 4.69) is 77.2 Å². The zero-order chi connectivity index (χ0) is 18.2. The Morgan fingerprint density at radius 1 is 0.792 bits per heavy atom. The van der Waals surface area contributed by atoms with Crippen molar-refractivity contribution in [1.29, 1.82) is 0 Å². The van der Waals surface area contributed by atoms with E-state index in [1.165, 1.54) is 29.6 Å². The zero-order valence-corrected chi connectivity index (χ0v) is 18.1. The first-order valence-corrected chi connectivity index (χ1v) is 11.2. The monoisotopic (exact) mass is 362 g/mol. The van der Waals surface area contributed by atoms with Crippen LogP contribution in [0.15, 0.2) is 59.3 Å². The van der Waals surface area contributed by atoms with Crippen LogP contribution in [0.2, 0.25) is 0 Å². The van der Waals surface area contributed by atoms with Crippen LogP contribution in [0.3, 0.4) is 0 Å². The fraction of sp³-hybridized carbons (Fsp3) is 0.545. The van der Waals surface area contributed by atoms with E-state index in [0.717, 1.165) is 6.42 Å². The number of rotatable bonds is 5. The summed E-state index contributed by atoms with van der Waals surface area (Å²) in [5, 5.41) is 0. The maximum absolute atomic E-state index is 2.40. The molecule has 0 aliphatic heterocycles. The number of hydrogen-bond acceptors (Lipinski definition) is 2. The van der Waals surface area contributed by atoms with Crippen molar-refractivity contribution in [2.75, 3.05) is 0 Å². The molecule has 0 amide bonds. The highest BCUT2D eigenvalue weighted by Crippen LogP contribution is 2.50. The van der Waals surface area contributed by atoms with E-state index in [1.807, 2.05) is 35.4 Å². The highest BCUT2D eigenvalue weighted by Gasteiger charge is 2.30. The van der Waals surface area contributed by atoms with E-state index in [4.69, 9.17) is 0 Å². The quantitative estimate of drug-likeness (QED) is 0.453. The van der Waals surface area contributed by atoms with Gasteiger partial charge in [-0.2, -0.15) is 0 Å². The third kappa shape index (κ3) is 6.37. The first kappa shape index (κ1) is 21.4. The van der Waals surface area contributed by atoms with Gasteiger partial charge in [-0.05, 0) is 65.0 Å². The summed E-state index contributed by atoms with van der Waals surface area (Å²) < 4.78 is 0.262. The molecule has 0 aromatic carbocycles. The summed E-state index contributed by atoms with van der Waals surface area (Å²) >= 11 is 0. The molecule has 0 aromatic heterocycles. The minimum absolute atomic E-state index is 0.110. The largest absolute Gasteiger partial charge is 0.0839 e. The summed E-state index contributed by atoms with van der Waals surface area (Å²) in [7, 11) is 3.98. The smallest absolute Gasteiger partial charge is 0.0455 e. The van der Waals surface area contributed by atoms with Gasteiger partial charge in [0.15, 0.2) is 0 Å². The van der Waals surface area contributed by atoms with Crippen molar-refractivity contribution in [3.63, 3.8) is 0 Å². The lowest BCUT2D eigenvalue weighted by Gasteiger charge is -2.32. The molecule has 134 valence electrons. The third-order valence-electron chi connectivity index (χ3n) is 4.13. The molecule has 0 bridgehead atoms. The predicted molar refractivity (Wildman–Crippen MR) is 117 cm³/mol. The van der Waals surface area contributed by atoms with E-state index in [0.29, 0.717) is 0 Å². The molecule has 0 atom stereocenters. The lowest BCUT2D eigenvalue weighted by atomic mass is 9.96. The van der Waals surface area contributed by atoms with Gasteiger partial charge in [0, 0.05) is 9.49 Å². The van der Waals surface area contributed by atoms with Gasteiger partial charge in [0.25, 0.3) is 0 Å². The van der Waals surface area contributed by atoms with Gasteiger partial charge in [0.2, 0.25) is 0 Å². The van der Waals surface area contributed by atoms with E-state index in [1.54, 1.807) is 0 Å². The molecule has 0 aromatic rings. The third-order valence-corrected chi connectivity index (χ3v) is 8.27. The van der Waals surface area contributed by atoms with Gasteiger partial charge < -0.3 is 0 Å². The van der Waals surface area contributed by atoms with Gasteiger partial charge >= 0.3 is 0 Å². The highest BCUT2D eigenvalue weighted by atomic mass is 33.1. The maximum Gasteiger partial charge on any atom is 0.0455 e. The molecule has 0 heterocycles. The Balaban J connectivity index is 0.00000139. The summed E-state index contributed by atoms with van der Waals surface area (Å²) in [5.74, 6) is 0. The molecule has 0 fully saturated rings.